The van der Waals surface area contributed by atoms with Crippen molar-refractivity contribution in [2.24, 2.45) is 0 Å². The summed E-state index contributed by atoms with van der Waals surface area (Å²) in [4.78, 5) is 4.32. The van der Waals surface area contributed by atoms with Gasteiger partial charge in [-0.3, -0.25) is 0 Å². The zero-order valence-corrected chi connectivity index (χ0v) is 15.1. The highest BCUT2D eigenvalue weighted by molar-refractivity contribution is 6.31. The number of aromatic nitrogens is 3. The Kier molecular flexibility index (Phi) is 4.26. The Hall–Kier alpha value is -2.99. The molecule has 0 saturated heterocycles. The van der Waals surface area contributed by atoms with Crippen LogP contribution in [0, 0.1) is 0 Å². The Labute approximate surface area is 156 Å². The fourth-order valence-electron chi connectivity index (χ4n) is 3.04. The minimum atomic E-state index is -0.162. The normalized spacial score (nSPS) is 15.7. The molecular formula is C19H17ClN4O2. The first kappa shape index (κ1) is 16.5. The molecule has 2 heterocycles. The molecule has 1 N–H and O–H groups in total. The van der Waals surface area contributed by atoms with E-state index in [4.69, 9.17) is 21.1 Å². The van der Waals surface area contributed by atoms with Gasteiger partial charge >= 0.3 is 0 Å². The molecule has 1 aromatic heterocycles. The van der Waals surface area contributed by atoms with Crippen LogP contribution in [0.3, 0.4) is 0 Å². The molecule has 0 spiro atoms. The summed E-state index contributed by atoms with van der Waals surface area (Å²) in [6.45, 7) is 0. The Morgan fingerprint density at radius 3 is 2.65 bits per heavy atom. The van der Waals surface area contributed by atoms with Crippen molar-refractivity contribution in [2.75, 3.05) is 19.5 Å². The van der Waals surface area contributed by atoms with Crippen molar-refractivity contribution in [3.63, 3.8) is 0 Å². The molecule has 7 heteroatoms. The van der Waals surface area contributed by atoms with Crippen LogP contribution in [-0.2, 0) is 0 Å². The minimum Gasteiger partial charge on any atom is -0.493 e. The van der Waals surface area contributed by atoms with E-state index in [1.807, 2.05) is 47.1 Å². The molecule has 1 aliphatic rings. The number of methoxy groups -OCH3 is 2. The number of hydrogen-bond donors (Lipinski definition) is 1. The summed E-state index contributed by atoms with van der Waals surface area (Å²) >= 11 is 6.42. The van der Waals surface area contributed by atoms with Gasteiger partial charge in [0.2, 0.25) is 5.95 Å². The number of anilines is 1. The largest absolute Gasteiger partial charge is 0.493 e. The van der Waals surface area contributed by atoms with Gasteiger partial charge in [-0.05, 0) is 35.9 Å². The van der Waals surface area contributed by atoms with Crippen molar-refractivity contribution in [1.29, 1.82) is 0 Å². The molecule has 1 atom stereocenters. The van der Waals surface area contributed by atoms with E-state index in [-0.39, 0.29) is 6.04 Å². The van der Waals surface area contributed by atoms with Crippen molar-refractivity contribution in [1.82, 2.24) is 14.8 Å². The summed E-state index contributed by atoms with van der Waals surface area (Å²) < 4.78 is 12.5. The molecule has 0 bridgehead atoms. The van der Waals surface area contributed by atoms with Gasteiger partial charge in [0.25, 0.3) is 0 Å². The average Bonchev–Trinajstić information content (AvgIpc) is 3.16. The predicted molar refractivity (Wildman–Crippen MR) is 101 cm³/mol. The summed E-state index contributed by atoms with van der Waals surface area (Å²) in [7, 11) is 3.24. The molecule has 0 saturated carbocycles. The molecule has 6 nitrogen and oxygen atoms in total. The van der Waals surface area contributed by atoms with Crippen molar-refractivity contribution < 1.29 is 9.47 Å². The molecule has 0 amide bonds. The number of halogens is 1. The third kappa shape index (κ3) is 2.78. The van der Waals surface area contributed by atoms with E-state index >= 15 is 0 Å². The standard InChI is InChI=1S/C19H17ClN4O2/c1-25-17-8-7-12(9-18(17)26-2)15-10-16(13-5-3-4-6-14(13)20)24-19(23-15)21-11-22-24/h3-11,16H,1-2H3,(H,21,22,23)/t16-/m0/s1. The Morgan fingerprint density at radius 2 is 1.88 bits per heavy atom. The van der Waals surface area contributed by atoms with Gasteiger partial charge in [-0.1, -0.05) is 29.8 Å². The maximum absolute atomic E-state index is 6.42. The lowest BCUT2D eigenvalue weighted by molar-refractivity contribution is 0.355. The maximum Gasteiger partial charge on any atom is 0.226 e. The number of ether oxygens (including phenoxy) is 2. The highest BCUT2D eigenvalue weighted by Crippen LogP contribution is 2.37. The van der Waals surface area contributed by atoms with Gasteiger partial charge in [0.1, 0.15) is 12.4 Å². The quantitative estimate of drug-likeness (QED) is 0.754. The van der Waals surface area contributed by atoms with Gasteiger partial charge in [-0.15, -0.1) is 0 Å². The number of hydrogen-bond acceptors (Lipinski definition) is 5. The third-order valence-corrected chi connectivity index (χ3v) is 4.67. The number of allylic oxidation sites excluding steroid dienone is 1. The second-order valence-electron chi connectivity index (χ2n) is 5.77. The van der Waals surface area contributed by atoms with Crippen LogP contribution in [0.1, 0.15) is 17.2 Å². The van der Waals surface area contributed by atoms with Gasteiger partial charge in [0.05, 0.1) is 14.2 Å². The molecule has 0 unspecified atom stereocenters. The van der Waals surface area contributed by atoms with Crippen molar-refractivity contribution in [3.05, 3.63) is 71.0 Å². The van der Waals surface area contributed by atoms with Gasteiger partial charge < -0.3 is 14.8 Å². The van der Waals surface area contributed by atoms with Crippen LogP contribution in [0.4, 0.5) is 5.95 Å². The van der Waals surface area contributed by atoms with E-state index in [0.717, 1.165) is 16.8 Å². The van der Waals surface area contributed by atoms with E-state index in [9.17, 15) is 0 Å². The molecule has 0 radical (unpaired) electrons. The second-order valence-corrected chi connectivity index (χ2v) is 6.18. The molecule has 132 valence electrons. The predicted octanol–water partition coefficient (Wildman–Crippen LogP) is 4.00. The monoisotopic (exact) mass is 368 g/mol. The first-order valence-corrected chi connectivity index (χ1v) is 8.44. The first-order chi connectivity index (χ1) is 12.7. The Balaban J connectivity index is 1.81. The Bertz CT molecular complexity index is 983. The lowest BCUT2D eigenvalue weighted by atomic mass is 10.0. The van der Waals surface area contributed by atoms with Crippen LogP contribution in [0.25, 0.3) is 5.70 Å². The van der Waals surface area contributed by atoms with Crippen LogP contribution in [-0.4, -0.2) is 29.0 Å². The lowest BCUT2D eigenvalue weighted by Gasteiger charge is -2.25. The van der Waals surface area contributed by atoms with Crippen LogP contribution >= 0.6 is 11.6 Å². The summed E-state index contributed by atoms with van der Waals surface area (Å²) in [5, 5.41) is 8.34. The summed E-state index contributed by atoms with van der Waals surface area (Å²) in [6.07, 6.45) is 3.60. The zero-order chi connectivity index (χ0) is 18.1. The SMILES string of the molecule is COc1ccc(C2=C[C@@H](c3ccccc3Cl)n3ncnc3N2)cc1OC. The fourth-order valence-corrected chi connectivity index (χ4v) is 3.29. The van der Waals surface area contributed by atoms with Crippen LogP contribution < -0.4 is 14.8 Å². The summed E-state index contributed by atoms with van der Waals surface area (Å²) in [6, 6.07) is 13.3. The maximum atomic E-state index is 6.42. The van der Waals surface area contributed by atoms with E-state index in [1.165, 1.54) is 6.33 Å². The third-order valence-electron chi connectivity index (χ3n) is 4.33. The van der Waals surface area contributed by atoms with Gasteiger partial charge in [-0.25, -0.2) is 4.68 Å². The molecule has 26 heavy (non-hydrogen) atoms. The van der Waals surface area contributed by atoms with Crippen molar-refractivity contribution in [3.8, 4) is 11.5 Å². The highest BCUT2D eigenvalue weighted by Gasteiger charge is 2.25. The highest BCUT2D eigenvalue weighted by atomic mass is 35.5. The Morgan fingerprint density at radius 1 is 1.08 bits per heavy atom. The lowest BCUT2D eigenvalue weighted by Crippen LogP contribution is -2.20. The van der Waals surface area contributed by atoms with Gasteiger partial charge in [-0.2, -0.15) is 10.1 Å². The van der Waals surface area contributed by atoms with Crippen molar-refractivity contribution >= 4 is 23.2 Å². The number of benzene rings is 2. The minimum absolute atomic E-state index is 0.162. The molecular weight excluding hydrogens is 352 g/mol. The van der Waals surface area contributed by atoms with E-state index in [1.54, 1.807) is 14.2 Å². The van der Waals surface area contributed by atoms with Crippen molar-refractivity contribution in [2.45, 2.75) is 6.04 Å². The smallest absolute Gasteiger partial charge is 0.226 e. The first-order valence-electron chi connectivity index (χ1n) is 8.06. The van der Waals surface area contributed by atoms with E-state index in [0.29, 0.717) is 22.5 Å². The van der Waals surface area contributed by atoms with E-state index < -0.39 is 0 Å². The molecule has 0 aliphatic carbocycles. The average molecular weight is 369 g/mol. The van der Waals surface area contributed by atoms with Gasteiger partial charge in [0.15, 0.2) is 11.5 Å². The molecule has 4 rings (SSSR count). The number of nitrogens with one attached hydrogen (secondary N) is 1. The van der Waals surface area contributed by atoms with Crippen LogP contribution in [0.2, 0.25) is 5.02 Å². The number of rotatable bonds is 4. The second kappa shape index (κ2) is 6.72. The molecule has 3 aromatic rings. The number of fused-ring (bicyclic) bond motifs is 1. The van der Waals surface area contributed by atoms with Crippen LogP contribution in [0.15, 0.2) is 54.9 Å². The van der Waals surface area contributed by atoms with Crippen LogP contribution in [0.5, 0.6) is 11.5 Å². The summed E-state index contributed by atoms with van der Waals surface area (Å²) in [5.74, 6) is 2.00. The molecule has 2 aromatic carbocycles. The molecule has 1 aliphatic heterocycles. The van der Waals surface area contributed by atoms with E-state index in [2.05, 4.69) is 21.5 Å². The summed E-state index contributed by atoms with van der Waals surface area (Å²) in [5.41, 5.74) is 2.81. The van der Waals surface area contributed by atoms with Gasteiger partial charge in [0, 0.05) is 16.3 Å². The molecule has 0 fully saturated rings. The fraction of sp³-hybridized carbons (Fsp3) is 0.158. The zero-order valence-electron chi connectivity index (χ0n) is 14.3. The topological polar surface area (TPSA) is 61.2 Å². The number of nitrogens with zero attached hydrogens (tertiary/aromatic N) is 3.